The molecule has 0 spiro atoms. The first-order chi connectivity index (χ1) is 7.28. The van der Waals surface area contributed by atoms with E-state index in [-0.39, 0.29) is 5.41 Å². The van der Waals surface area contributed by atoms with Gasteiger partial charge in [-0.25, -0.2) is 0 Å². The second-order valence-electron chi connectivity index (χ2n) is 5.15. The molecule has 2 rings (SSSR count). The van der Waals surface area contributed by atoms with Gasteiger partial charge in [-0.3, -0.25) is 4.79 Å². The Hall–Kier alpha value is -0.590. The van der Waals surface area contributed by atoms with Crippen LogP contribution in [0.4, 0.5) is 0 Å². The fourth-order valence-electron chi connectivity index (χ4n) is 3.18. The molecule has 0 aromatic rings. The SMILES string of the molecule is CCC1(C(=O)C2=CCCCC2)CCCC1. The third kappa shape index (κ3) is 2.02. The van der Waals surface area contributed by atoms with E-state index in [1.165, 1.54) is 25.7 Å². The lowest BCUT2D eigenvalue weighted by Crippen LogP contribution is -2.29. The van der Waals surface area contributed by atoms with Crippen molar-refractivity contribution in [1.82, 2.24) is 0 Å². The highest BCUT2D eigenvalue weighted by molar-refractivity contribution is 6.00. The summed E-state index contributed by atoms with van der Waals surface area (Å²) in [4.78, 5) is 12.5. The molecule has 0 aromatic carbocycles. The van der Waals surface area contributed by atoms with Gasteiger partial charge in [0.2, 0.25) is 0 Å². The van der Waals surface area contributed by atoms with E-state index in [0.717, 1.165) is 37.7 Å². The van der Waals surface area contributed by atoms with Crippen LogP contribution in [-0.2, 0) is 4.79 Å². The molecule has 1 nitrogen and oxygen atoms in total. The third-order valence-electron chi connectivity index (χ3n) is 4.30. The van der Waals surface area contributed by atoms with Gasteiger partial charge in [0, 0.05) is 5.41 Å². The van der Waals surface area contributed by atoms with Crippen LogP contribution in [0.2, 0.25) is 0 Å². The lowest BCUT2D eigenvalue weighted by Gasteiger charge is -2.28. The third-order valence-corrected chi connectivity index (χ3v) is 4.30. The molecule has 0 atom stereocenters. The Morgan fingerprint density at radius 2 is 2.00 bits per heavy atom. The predicted octanol–water partition coefficient (Wildman–Crippen LogP) is 4.03. The van der Waals surface area contributed by atoms with Crippen molar-refractivity contribution in [2.75, 3.05) is 0 Å². The van der Waals surface area contributed by atoms with Crippen molar-refractivity contribution in [1.29, 1.82) is 0 Å². The van der Waals surface area contributed by atoms with Crippen molar-refractivity contribution in [2.24, 2.45) is 5.41 Å². The summed E-state index contributed by atoms with van der Waals surface area (Å²) in [6.45, 7) is 2.19. The van der Waals surface area contributed by atoms with Gasteiger partial charge >= 0.3 is 0 Å². The summed E-state index contributed by atoms with van der Waals surface area (Å²) >= 11 is 0. The van der Waals surface area contributed by atoms with Crippen LogP contribution in [-0.4, -0.2) is 5.78 Å². The maximum atomic E-state index is 12.5. The summed E-state index contributed by atoms with van der Waals surface area (Å²) in [5.74, 6) is 0.502. The molecule has 0 saturated heterocycles. The minimum absolute atomic E-state index is 0.0448. The number of allylic oxidation sites excluding steroid dienone is 2. The topological polar surface area (TPSA) is 17.1 Å². The Bertz CT molecular complexity index is 269. The molecule has 0 bridgehead atoms. The first-order valence-electron chi connectivity index (χ1n) is 6.52. The van der Waals surface area contributed by atoms with Crippen LogP contribution in [0.5, 0.6) is 0 Å². The molecule has 2 aliphatic carbocycles. The molecule has 84 valence electrons. The van der Waals surface area contributed by atoms with E-state index in [2.05, 4.69) is 13.0 Å². The molecular formula is C14H22O. The van der Waals surface area contributed by atoms with Crippen LogP contribution in [0.25, 0.3) is 0 Å². The van der Waals surface area contributed by atoms with Crippen molar-refractivity contribution in [3.63, 3.8) is 0 Å². The minimum Gasteiger partial charge on any atom is -0.294 e. The van der Waals surface area contributed by atoms with Crippen LogP contribution >= 0.6 is 0 Å². The quantitative estimate of drug-likeness (QED) is 0.681. The van der Waals surface area contributed by atoms with E-state index >= 15 is 0 Å². The fraction of sp³-hybridized carbons (Fsp3) is 0.786. The van der Waals surface area contributed by atoms with E-state index < -0.39 is 0 Å². The van der Waals surface area contributed by atoms with Gasteiger partial charge in [-0.2, -0.15) is 0 Å². The highest BCUT2D eigenvalue weighted by Crippen LogP contribution is 2.44. The van der Waals surface area contributed by atoms with Gasteiger partial charge in [-0.1, -0.05) is 25.8 Å². The summed E-state index contributed by atoms with van der Waals surface area (Å²) in [5, 5.41) is 0. The Kier molecular flexibility index (Phi) is 3.28. The van der Waals surface area contributed by atoms with E-state index in [4.69, 9.17) is 0 Å². The zero-order valence-corrected chi connectivity index (χ0v) is 9.85. The highest BCUT2D eigenvalue weighted by atomic mass is 16.1. The molecule has 0 unspecified atom stereocenters. The Balaban J connectivity index is 2.14. The number of ketones is 1. The molecule has 0 heterocycles. The second-order valence-corrected chi connectivity index (χ2v) is 5.15. The maximum Gasteiger partial charge on any atom is 0.164 e. The van der Waals surface area contributed by atoms with Crippen molar-refractivity contribution in [2.45, 2.75) is 64.7 Å². The standard InChI is InChI=1S/C14H22O/c1-2-14(10-6-7-11-14)13(15)12-8-4-3-5-9-12/h8H,2-7,9-11H2,1H3. The molecule has 0 N–H and O–H groups in total. The highest BCUT2D eigenvalue weighted by Gasteiger charge is 2.40. The average Bonchev–Trinajstić information content (AvgIpc) is 2.79. The van der Waals surface area contributed by atoms with Crippen LogP contribution in [0.3, 0.4) is 0 Å². The molecule has 15 heavy (non-hydrogen) atoms. The first-order valence-corrected chi connectivity index (χ1v) is 6.52. The lowest BCUT2D eigenvalue weighted by atomic mass is 9.74. The molecule has 0 radical (unpaired) electrons. The average molecular weight is 206 g/mol. The van der Waals surface area contributed by atoms with Gasteiger partial charge in [0.15, 0.2) is 5.78 Å². The summed E-state index contributed by atoms with van der Waals surface area (Å²) in [5.41, 5.74) is 1.20. The molecule has 0 aliphatic heterocycles. The molecule has 0 amide bonds. The second kappa shape index (κ2) is 4.51. The molecular weight excluding hydrogens is 184 g/mol. The zero-order chi connectivity index (χ0) is 10.7. The van der Waals surface area contributed by atoms with Gasteiger partial charge in [-0.05, 0) is 50.5 Å². The van der Waals surface area contributed by atoms with Crippen LogP contribution in [0.15, 0.2) is 11.6 Å². The Labute approximate surface area is 92.9 Å². The zero-order valence-electron chi connectivity index (χ0n) is 9.85. The molecule has 1 fully saturated rings. The number of carbonyl (C=O) groups excluding carboxylic acids is 1. The summed E-state index contributed by atoms with van der Waals surface area (Å²) < 4.78 is 0. The number of hydrogen-bond acceptors (Lipinski definition) is 1. The Morgan fingerprint density at radius 3 is 2.53 bits per heavy atom. The lowest BCUT2D eigenvalue weighted by molar-refractivity contribution is -0.125. The van der Waals surface area contributed by atoms with Crippen LogP contribution in [0, 0.1) is 5.41 Å². The van der Waals surface area contributed by atoms with Crippen LogP contribution in [0.1, 0.15) is 64.7 Å². The predicted molar refractivity (Wildman–Crippen MR) is 62.8 cm³/mol. The van der Waals surface area contributed by atoms with Gasteiger partial charge in [-0.15, -0.1) is 0 Å². The summed E-state index contributed by atoms with van der Waals surface area (Å²) in [6.07, 6.45) is 12.7. The molecule has 0 aromatic heterocycles. The molecule has 1 heteroatoms. The molecule has 2 aliphatic rings. The van der Waals surface area contributed by atoms with E-state index in [1.807, 2.05) is 0 Å². The monoisotopic (exact) mass is 206 g/mol. The fourth-order valence-corrected chi connectivity index (χ4v) is 3.18. The Morgan fingerprint density at radius 1 is 1.27 bits per heavy atom. The largest absolute Gasteiger partial charge is 0.294 e. The number of rotatable bonds is 3. The van der Waals surface area contributed by atoms with Crippen molar-refractivity contribution < 1.29 is 4.79 Å². The number of carbonyl (C=O) groups is 1. The number of Topliss-reactive ketones (excluding diaryl/α,β-unsaturated/α-hetero) is 1. The van der Waals surface area contributed by atoms with Gasteiger partial charge in [0.25, 0.3) is 0 Å². The normalized spacial score (nSPS) is 25.0. The van der Waals surface area contributed by atoms with Crippen molar-refractivity contribution >= 4 is 5.78 Å². The van der Waals surface area contributed by atoms with Gasteiger partial charge in [0.05, 0.1) is 0 Å². The maximum absolute atomic E-state index is 12.5. The molecule has 1 saturated carbocycles. The van der Waals surface area contributed by atoms with Crippen molar-refractivity contribution in [3.05, 3.63) is 11.6 Å². The number of hydrogen-bond donors (Lipinski definition) is 0. The van der Waals surface area contributed by atoms with E-state index in [0.29, 0.717) is 5.78 Å². The van der Waals surface area contributed by atoms with Crippen LogP contribution < -0.4 is 0 Å². The summed E-state index contributed by atoms with van der Waals surface area (Å²) in [6, 6.07) is 0. The van der Waals surface area contributed by atoms with Crippen molar-refractivity contribution in [3.8, 4) is 0 Å². The minimum atomic E-state index is 0.0448. The smallest absolute Gasteiger partial charge is 0.164 e. The van der Waals surface area contributed by atoms with E-state index in [9.17, 15) is 4.79 Å². The summed E-state index contributed by atoms with van der Waals surface area (Å²) in [7, 11) is 0. The first kappa shape index (κ1) is 10.9. The van der Waals surface area contributed by atoms with E-state index in [1.54, 1.807) is 0 Å². The van der Waals surface area contributed by atoms with Gasteiger partial charge < -0.3 is 0 Å². The van der Waals surface area contributed by atoms with Gasteiger partial charge in [0.1, 0.15) is 0 Å².